The van der Waals surface area contributed by atoms with Gasteiger partial charge in [-0.2, -0.15) is 10.1 Å². The van der Waals surface area contributed by atoms with Crippen molar-refractivity contribution in [3.8, 4) is 5.69 Å². The Morgan fingerprint density at radius 2 is 1.63 bits per heavy atom. The monoisotopic (exact) mass is 441 g/mol. The fraction of sp³-hybridized carbons (Fsp3) is 0.348. The number of aromatic nitrogens is 1. The predicted octanol–water partition coefficient (Wildman–Crippen LogP) is 4.93. The van der Waals surface area contributed by atoms with Gasteiger partial charge in [0.1, 0.15) is 0 Å². The molecule has 2 aromatic rings. The Bertz CT molecular complexity index is 1100. The van der Waals surface area contributed by atoms with Gasteiger partial charge in [0.15, 0.2) is 0 Å². The van der Waals surface area contributed by atoms with Crippen LogP contribution in [0.1, 0.15) is 29.8 Å². The number of hydrogen-bond donors (Lipinski definition) is 0. The molecule has 2 heterocycles. The molecule has 1 aliphatic heterocycles. The molecule has 2 fully saturated rings. The van der Waals surface area contributed by atoms with E-state index in [4.69, 9.17) is 23.2 Å². The Morgan fingerprint density at radius 3 is 2.23 bits per heavy atom. The Morgan fingerprint density at radius 1 is 1.00 bits per heavy atom. The molecule has 4 aliphatic rings. The van der Waals surface area contributed by atoms with Crippen molar-refractivity contribution in [3.05, 3.63) is 63.4 Å². The molecule has 1 saturated heterocycles. The van der Waals surface area contributed by atoms with E-state index in [2.05, 4.69) is 17.3 Å². The van der Waals surface area contributed by atoms with Gasteiger partial charge in [-0.25, -0.2) is 0 Å². The zero-order valence-electron chi connectivity index (χ0n) is 16.7. The van der Waals surface area contributed by atoms with Crippen LogP contribution in [0.25, 0.3) is 5.69 Å². The van der Waals surface area contributed by atoms with Crippen LogP contribution in [0, 0.1) is 37.5 Å². The molecule has 3 aliphatic carbocycles. The molecule has 7 heteroatoms. The number of hydrazone groups is 1. The summed E-state index contributed by atoms with van der Waals surface area (Å²) >= 11 is 12.6. The number of allylic oxidation sites excluding steroid dienone is 2. The molecule has 2 amide bonds. The summed E-state index contributed by atoms with van der Waals surface area (Å²) in [5.41, 5.74) is 3.45. The lowest BCUT2D eigenvalue weighted by Crippen LogP contribution is -2.38. The van der Waals surface area contributed by atoms with Gasteiger partial charge in [0.2, 0.25) is 0 Å². The van der Waals surface area contributed by atoms with E-state index in [0.717, 1.165) is 40.5 Å². The van der Waals surface area contributed by atoms with Crippen LogP contribution in [-0.4, -0.2) is 27.6 Å². The first-order valence-corrected chi connectivity index (χ1v) is 10.9. The summed E-state index contributed by atoms with van der Waals surface area (Å²) in [6.45, 7) is 3.91. The van der Waals surface area contributed by atoms with Crippen molar-refractivity contribution < 1.29 is 9.59 Å². The second-order valence-corrected chi connectivity index (χ2v) is 9.18. The minimum absolute atomic E-state index is 0.159. The molecule has 1 saturated carbocycles. The number of carbonyl (C=O) groups excluding carboxylic acids is 2. The first-order chi connectivity index (χ1) is 14.4. The summed E-state index contributed by atoms with van der Waals surface area (Å²) in [7, 11) is 0. The van der Waals surface area contributed by atoms with Crippen LogP contribution in [0.2, 0.25) is 10.0 Å². The molecule has 154 valence electrons. The van der Waals surface area contributed by atoms with E-state index in [1.54, 1.807) is 18.3 Å². The Hall–Kier alpha value is -2.37. The number of fused-ring (bicyclic) bond motifs is 1. The van der Waals surface area contributed by atoms with E-state index in [9.17, 15) is 9.59 Å². The van der Waals surface area contributed by atoms with E-state index in [-0.39, 0.29) is 35.5 Å². The second-order valence-electron chi connectivity index (χ2n) is 8.33. The molecule has 0 radical (unpaired) electrons. The van der Waals surface area contributed by atoms with Gasteiger partial charge >= 0.3 is 0 Å². The largest absolute Gasteiger partial charge is 0.316 e. The number of amides is 2. The van der Waals surface area contributed by atoms with Crippen LogP contribution in [0.3, 0.4) is 0 Å². The molecule has 1 aromatic carbocycles. The molecule has 30 heavy (non-hydrogen) atoms. The highest BCUT2D eigenvalue weighted by molar-refractivity contribution is 6.34. The molecule has 6 rings (SSSR count). The lowest BCUT2D eigenvalue weighted by molar-refractivity contribution is -0.140. The fourth-order valence-electron chi connectivity index (χ4n) is 5.24. The van der Waals surface area contributed by atoms with Crippen LogP contribution in [0.5, 0.6) is 0 Å². The summed E-state index contributed by atoms with van der Waals surface area (Å²) in [4.78, 5) is 25.9. The van der Waals surface area contributed by atoms with Crippen molar-refractivity contribution in [2.75, 3.05) is 0 Å². The van der Waals surface area contributed by atoms with E-state index >= 15 is 0 Å². The Balaban J connectivity index is 1.47. The maximum absolute atomic E-state index is 12.9. The molecular weight excluding hydrogens is 421 g/mol. The van der Waals surface area contributed by atoms with Gasteiger partial charge in [0, 0.05) is 22.0 Å². The molecule has 0 unspecified atom stereocenters. The topological polar surface area (TPSA) is 54.7 Å². The van der Waals surface area contributed by atoms with E-state index in [1.165, 1.54) is 0 Å². The molecule has 0 spiro atoms. The number of imide groups is 1. The van der Waals surface area contributed by atoms with Crippen molar-refractivity contribution in [2.45, 2.75) is 26.7 Å². The Labute approximate surface area is 184 Å². The minimum Gasteiger partial charge on any atom is -0.316 e. The van der Waals surface area contributed by atoms with Crippen molar-refractivity contribution in [1.82, 2.24) is 9.58 Å². The van der Waals surface area contributed by atoms with Crippen LogP contribution in [0.15, 0.2) is 41.5 Å². The lowest BCUT2D eigenvalue weighted by Gasteiger charge is -2.37. The number of carbonyl (C=O) groups is 2. The predicted molar refractivity (Wildman–Crippen MR) is 117 cm³/mol. The lowest BCUT2D eigenvalue weighted by atomic mass is 9.63. The molecule has 0 N–H and O–H groups in total. The number of halogens is 2. The van der Waals surface area contributed by atoms with Crippen LogP contribution in [0.4, 0.5) is 0 Å². The summed E-state index contributed by atoms with van der Waals surface area (Å²) in [6, 6.07) is 7.28. The number of nitrogens with zero attached hydrogens (tertiary/aromatic N) is 3. The highest BCUT2D eigenvalue weighted by atomic mass is 35.5. The highest BCUT2D eigenvalue weighted by Crippen LogP contribution is 2.49. The smallest absolute Gasteiger partial charge is 0.254 e. The van der Waals surface area contributed by atoms with Gasteiger partial charge in [-0.3, -0.25) is 9.59 Å². The second kappa shape index (κ2) is 7.10. The molecule has 1 aromatic heterocycles. The molecular formula is C23H21Cl2N3O2. The van der Waals surface area contributed by atoms with E-state index in [1.807, 2.05) is 30.5 Å². The number of hydrogen-bond acceptors (Lipinski definition) is 3. The van der Waals surface area contributed by atoms with Crippen molar-refractivity contribution in [3.63, 3.8) is 0 Å². The zero-order valence-corrected chi connectivity index (χ0v) is 18.2. The van der Waals surface area contributed by atoms with Gasteiger partial charge < -0.3 is 4.57 Å². The zero-order chi connectivity index (χ0) is 21.2. The van der Waals surface area contributed by atoms with Crippen LogP contribution < -0.4 is 0 Å². The molecule has 4 atom stereocenters. The first-order valence-electron chi connectivity index (χ1n) is 10.1. The first kappa shape index (κ1) is 19.6. The SMILES string of the molecule is Cc1cc(/C=N\N2C(=O)[C@H]3[C@H](C2=O)[C@H]2C=C[C@H]3CC2)c(C)n1-c1cc(Cl)ccc1Cl. The quantitative estimate of drug-likeness (QED) is 0.385. The van der Waals surface area contributed by atoms with Gasteiger partial charge in [0.25, 0.3) is 11.8 Å². The summed E-state index contributed by atoms with van der Waals surface area (Å²) < 4.78 is 1.99. The maximum Gasteiger partial charge on any atom is 0.254 e. The van der Waals surface area contributed by atoms with Gasteiger partial charge in [-0.1, -0.05) is 35.4 Å². The van der Waals surface area contributed by atoms with Crippen molar-refractivity contribution >= 4 is 41.2 Å². The van der Waals surface area contributed by atoms with Crippen LogP contribution in [-0.2, 0) is 9.59 Å². The average molecular weight is 442 g/mol. The number of rotatable bonds is 3. The summed E-state index contributed by atoms with van der Waals surface area (Å²) in [6.07, 6.45) is 7.76. The third-order valence-electron chi connectivity index (χ3n) is 6.67. The van der Waals surface area contributed by atoms with Gasteiger partial charge in [0.05, 0.1) is 28.8 Å². The normalized spacial score (nSPS) is 27.5. The third kappa shape index (κ3) is 2.87. The van der Waals surface area contributed by atoms with Crippen molar-refractivity contribution in [2.24, 2.45) is 28.8 Å². The van der Waals surface area contributed by atoms with Crippen LogP contribution >= 0.6 is 23.2 Å². The standard InChI is InChI=1S/C23H21Cl2N3O2/c1-12-9-16(13(2)27(12)19-10-17(24)7-8-18(19)25)11-26-28-22(29)20-14-3-4-15(6-5-14)21(20)23(28)30/h3-4,7-11,14-15,20-21H,5-6H2,1-2H3/b26-11-/t14-,15-,20+,21+/m0/s1. The van der Waals surface area contributed by atoms with Gasteiger partial charge in [-0.15, -0.1) is 0 Å². The van der Waals surface area contributed by atoms with E-state index in [0.29, 0.717) is 10.0 Å². The number of benzene rings is 1. The Kier molecular flexibility index (Phi) is 4.64. The summed E-state index contributed by atoms with van der Waals surface area (Å²) in [5.74, 6) is -0.537. The van der Waals surface area contributed by atoms with Crippen molar-refractivity contribution in [1.29, 1.82) is 0 Å². The average Bonchev–Trinajstić information content (AvgIpc) is 3.17. The fourth-order valence-corrected chi connectivity index (χ4v) is 5.61. The van der Waals surface area contributed by atoms with Gasteiger partial charge in [-0.05, 0) is 62.8 Å². The highest BCUT2D eigenvalue weighted by Gasteiger charge is 2.56. The summed E-state index contributed by atoms with van der Waals surface area (Å²) in [5, 5.41) is 6.60. The molecule has 5 nitrogen and oxygen atoms in total. The minimum atomic E-state index is -0.254. The number of aryl methyl sites for hydroxylation is 1. The van der Waals surface area contributed by atoms with E-state index < -0.39 is 0 Å². The maximum atomic E-state index is 12.9. The third-order valence-corrected chi connectivity index (χ3v) is 7.22. The molecule has 2 bridgehead atoms.